The summed E-state index contributed by atoms with van der Waals surface area (Å²) in [6.07, 6.45) is 9.05. The molecule has 0 spiro atoms. The van der Waals surface area contributed by atoms with Crippen molar-refractivity contribution in [3.63, 3.8) is 0 Å². The molecule has 1 aliphatic heterocycles. The molecule has 0 bridgehead atoms. The fourth-order valence-electron chi connectivity index (χ4n) is 2.09. The largest absolute Gasteiger partial charge is 0.370 e. The quantitative estimate of drug-likeness (QED) is 0.820. The second-order valence-corrected chi connectivity index (χ2v) is 5.46. The van der Waals surface area contributed by atoms with Gasteiger partial charge in [0.25, 0.3) is 0 Å². The van der Waals surface area contributed by atoms with Gasteiger partial charge in [-0.15, -0.1) is 5.10 Å². The Bertz CT molecular complexity index is 376. The van der Waals surface area contributed by atoms with E-state index in [9.17, 15) is 0 Å². The van der Waals surface area contributed by atoms with Crippen molar-refractivity contribution in [3.05, 3.63) is 18.0 Å². The number of aromatic nitrogens is 3. The van der Waals surface area contributed by atoms with Crippen molar-refractivity contribution in [2.75, 3.05) is 6.61 Å². The minimum Gasteiger partial charge on any atom is -0.370 e. The smallest absolute Gasteiger partial charge is 0.208 e. The van der Waals surface area contributed by atoms with E-state index >= 15 is 0 Å². The molecule has 1 aromatic heterocycles. The Balaban J connectivity index is 1.63. The van der Waals surface area contributed by atoms with Crippen molar-refractivity contribution in [3.8, 4) is 0 Å². The van der Waals surface area contributed by atoms with Gasteiger partial charge in [0.05, 0.1) is 0 Å². The predicted molar refractivity (Wildman–Crippen MR) is 62.3 cm³/mol. The Morgan fingerprint density at radius 1 is 1.38 bits per heavy atom. The van der Waals surface area contributed by atoms with Crippen LogP contribution in [-0.4, -0.2) is 27.0 Å². The van der Waals surface area contributed by atoms with Crippen molar-refractivity contribution < 1.29 is 4.74 Å². The highest BCUT2D eigenvalue weighted by Gasteiger charge is 2.22. The first-order valence-corrected chi connectivity index (χ1v) is 6.65. The van der Waals surface area contributed by atoms with Gasteiger partial charge in [0.15, 0.2) is 5.82 Å². The zero-order valence-corrected chi connectivity index (χ0v) is 9.87. The summed E-state index contributed by atoms with van der Waals surface area (Å²) in [5.41, 5.74) is 0. The van der Waals surface area contributed by atoms with E-state index in [1.165, 1.54) is 0 Å². The Labute approximate surface area is 98.9 Å². The monoisotopic (exact) mass is 237 g/mol. The molecule has 1 N–H and O–H groups in total. The second-order valence-electron chi connectivity index (χ2n) is 4.19. The summed E-state index contributed by atoms with van der Waals surface area (Å²) in [5.74, 6) is 0.894. The van der Waals surface area contributed by atoms with E-state index in [0.717, 1.165) is 43.3 Å². The van der Waals surface area contributed by atoms with Crippen LogP contribution < -0.4 is 0 Å². The maximum atomic E-state index is 5.57. The number of ether oxygens (including phenoxy) is 1. The van der Waals surface area contributed by atoms with Crippen LogP contribution in [0.1, 0.15) is 37.6 Å². The molecular formula is C11H15N3OS. The second kappa shape index (κ2) is 4.59. The maximum absolute atomic E-state index is 5.57. The molecule has 1 fully saturated rings. The van der Waals surface area contributed by atoms with Gasteiger partial charge in [-0.05, 0) is 25.7 Å². The Kier molecular flexibility index (Phi) is 2.97. The van der Waals surface area contributed by atoms with Crippen molar-refractivity contribution >= 4 is 11.8 Å². The van der Waals surface area contributed by atoms with Crippen LogP contribution in [0.5, 0.6) is 0 Å². The van der Waals surface area contributed by atoms with Crippen LogP contribution in [0.4, 0.5) is 0 Å². The number of H-pyrrole nitrogens is 1. The lowest BCUT2D eigenvalue weighted by atomic mass is 10.2. The van der Waals surface area contributed by atoms with Crippen molar-refractivity contribution in [2.45, 2.75) is 42.2 Å². The molecule has 5 heteroatoms. The number of rotatable bonds is 3. The summed E-state index contributed by atoms with van der Waals surface area (Å²) >= 11 is 1.76. The summed E-state index contributed by atoms with van der Waals surface area (Å²) in [6.45, 7) is 0.848. The number of allylic oxidation sites excluding steroid dienone is 2. The molecule has 2 aliphatic rings. The zero-order chi connectivity index (χ0) is 10.8. The summed E-state index contributed by atoms with van der Waals surface area (Å²) < 4.78 is 5.57. The van der Waals surface area contributed by atoms with Crippen molar-refractivity contribution in [1.82, 2.24) is 15.2 Å². The fraction of sp³-hybridized carbons (Fsp3) is 0.636. The average Bonchev–Trinajstić information content (AvgIpc) is 2.99. The summed E-state index contributed by atoms with van der Waals surface area (Å²) in [5, 5.41) is 8.72. The summed E-state index contributed by atoms with van der Waals surface area (Å²) in [4.78, 5) is 4.50. The number of thioether (sulfide) groups is 1. The van der Waals surface area contributed by atoms with E-state index in [0.29, 0.717) is 5.25 Å². The van der Waals surface area contributed by atoms with Crippen molar-refractivity contribution in [1.29, 1.82) is 0 Å². The molecule has 2 heterocycles. The predicted octanol–water partition coefficient (Wildman–Crippen LogP) is 2.47. The number of nitrogens with one attached hydrogen (secondary N) is 1. The van der Waals surface area contributed by atoms with Gasteiger partial charge in [-0.2, -0.15) is 0 Å². The molecule has 16 heavy (non-hydrogen) atoms. The van der Waals surface area contributed by atoms with Crippen LogP contribution in [-0.2, 0) is 4.74 Å². The van der Waals surface area contributed by atoms with Gasteiger partial charge in [0, 0.05) is 11.9 Å². The summed E-state index contributed by atoms with van der Waals surface area (Å²) in [6, 6.07) is 0. The molecular weight excluding hydrogens is 222 g/mol. The Morgan fingerprint density at radius 3 is 3.00 bits per heavy atom. The van der Waals surface area contributed by atoms with Crippen LogP contribution in [0, 0.1) is 0 Å². The molecule has 3 rings (SSSR count). The molecule has 1 aliphatic carbocycles. The number of nitrogens with zero attached hydrogens (tertiary/aromatic N) is 2. The SMILES string of the molecule is C1=CCC(Sc2n[nH]c(C3CCCO3)n2)C1. The van der Waals surface area contributed by atoms with Gasteiger partial charge in [-0.3, -0.25) is 5.10 Å². The minimum absolute atomic E-state index is 0.142. The number of aromatic amines is 1. The van der Waals surface area contributed by atoms with Gasteiger partial charge in [-0.1, -0.05) is 23.9 Å². The van der Waals surface area contributed by atoms with Crippen LogP contribution in [0.2, 0.25) is 0 Å². The number of hydrogen-bond acceptors (Lipinski definition) is 4. The third-order valence-corrected chi connectivity index (χ3v) is 4.07. The lowest BCUT2D eigenvalue weighted by Crippen LogP contribution is -1.98. The van der Waals surface area contributed by atoms with Gasteiger partial charge in [0.2, 0.25) is 5.16 Å². The van der Waals surface area contributed by atoms with E-state index in [1.54, 1.807) is 11.8 Å². The van der Waals surface area contributed by atoms with Crippen LogP contribution in [0.3, 0.4) is 0 Å². The first-order valence-electron chi connectivity index (χ1n) is 5.77. The molecule has 0 radical (unpaired) electrons. The van der Waals surface area contributed by atoms with E-state index in [1.807, 2.05) is 0 Å². The van der Waals surface area contributed by atoms with Crippen LogP contribution in [0.25, 0.3) is 0 Å². The Morgan fingerprint density at radius 2 is 2.25 bits per heavy atom. The third-order valence-electron chi connectivity index (χ3n) is 2.95. The van der Waals surface area contributed by atoms with E-state index in [2.05, 4.69) is 27.3 Å². The summed E-state index contributed by atoms with van der Waals surface area (Å²) in [7, 11) is 0. The van der Waals surface area contributed by atoms with Gasteiger partial charge < -0.3 is 4.74 Å². The lowest BCUT2D eigenvalue weighted by molar-refractivity contribution is 0.105. The highest BCUT2D eigenvalue weighted by molar-refractivity contribution is 7.99. The maximum Gasteiger partial charge on any atom is 0.208 e. The Hall–Kier alpha value is -0.810. The lowest BCUT2D eigenvalue weighted by Gasteiger charge is -2.04. The third kappa shape index (κ3) is 2.15. The van der Waals surface area contributed by atoms with Crippen LogP contribution in [0.15, 0.2) is 17.3 Å². The van der Waals surface area contributed by atoms with Gasteiger partial charge in [-0.25, -0.2) is 4.98 Å². The molecule has 1 unspecified atom stereocenters. The highest BCUT2D eigenvalue weighted by Crippen LogP contribution is 2.31. The first-order chi connectivity index (χ1) is 7.92. The average molecular weight is 237 g/mol. The van der Waals surface area contributed by atoms with Crippen molar-refractivity contribution in [2.24, 2.45) is 0 Å². The molecule has 0 saturated carbocycles. The van der Waals surface area contributed by atoms with E-state index in [-0.39, 0.29) is 6.10 Å². The number of hydrogen-bond donors (Lipinski definition) is 1. The topological polar surface area (TPSA) is 50.8 Å². The van der Waals surface area contributed by atoms with Gasteiger partial charge >= 0.3 is 0 Å². The molecule has 1 atom stereocenters. The molecule has 1 aromatic rings. The van der Waals surface area contributed by atoms with Gasteiger partial charge in [0.1, 0.15) is 6.10 Å². The standard InChI is InChI=1S/C11H15N3OS/c1-2-5-8(4-1)16-11-12-10(13-14-11)9-6-3-7-15-9/h1-2,8-9H,3-7H2,(H,12,13,14). The molecule has 0 aromatic carbocycles. The first kappa shape index (κ1) is 10.4. The normalized spacial score (nSPS) is 25.6. The zero-order valence-electron chi connectivity index (χ0n) is 9.06. The molecule has 86 valence electrons. The fourth-order valence-corrected chi connectivity index (χ4v) is 3.05. The van der Waals surface area contributed by atoms with E-state index < -0.39 is 0 Å². The molecule has 4 nitrogen and oxygen atoms in total. The molecule has 1 saturated heterocycles. The minimum atomic E-state index is 0.142. The van der Waals surface area contributed by atoms with Crippen LogP contribution >= 0.6 is 11.8 Å². The highest BCUT2D eigenvalue weighted by atomic mass is 32.2. The van der Waals surface area contributed by atoms with E-state index in [4.69, 9.17) is 4.74 Å². The molecule has 0 amide bonds.